The van der Waals surface area contributed by atoms with Crippen molar-refractivity contribution >= 4 is 16.4 Å². The molecule has 5 aliphatic carbocycles. The van der Waals surface area contributed by atoms with E-state index in [1.54, 1.807) is 0 Å². The molecule has 5 unspecified atom stereocenters. The second kappa shape index (κ2) is 11.7. The molecule has 1 heterocycles. The zero-order valence-electron chi connectivity index (χ0n) is 30.4. The maximum absolute atomic E-state index is 12.0. The number of aliphatic carboxylic acids is 1. The molecule has 11 atom stereocenters. The van der Waals surface area contributed by atoms with Crippen LogP contribution in [-0.4, -0.2) is 40.9 Å². The van der Waals surface area contributed by atoms with E-state index in [0.29, 0.717) is 35.3 Å². The summed E-state index contributed by atoms with van der Waals surface area (Å²) in [7, 11) is -5.05. The third-order valence-corrected chi connectivity index (χ3v) is 16.5. The number of ether oxygens (including phenoxy) is 1. The van der Waals surface area contributed by atoms with E-state index in [2.05, 4.69) is 48.5 Å². The largest absolute Gasteiger partial charge is 1.00 e. The Labute approximate surface area is 309 Å². The summed E-state index contributed by atoms with van der Waals surface area (Å²) in [4.78, 5) is 12.0. The van der Waals surface area contributed by atoms with E-state index >= 15 is 0 Å². The number of carboxylic acid groups (broad SMARTS) is 1. The molecule has 1 spiro atoms. The van der Waals surface area contributed by atoms with Crippen LogP contribution in [0.2, 0.25) is 0 Å². The standard InChI is InChI=1S/C38H56O8S.Na/c1-22-9-8-15-33(2,3)38(22)20-19-36(6)27-12-16-35(5)26(34(27,4)18-14-29(36)45-38)13-17-37(7)28(35)21-24-25(46-47(42,43)44)11-10-23(30(24)37)31(39)32(40)41;/h10-11,22,26-29,31,39H,8-9,12-21H2,1-7H3,(H,40,41)(H,42,43,44);/q;+1/p-1/t22-,26?,27?,28?,29?,31?,34-,35-,36+,37+,38-;/m1./s1. The molecule has 8 nitrogen and oxygen atoms in total. The van der Waals surface area contributed by atoms with Crippen LogP contribution in [0.15, 0.2) is 12.1 Å². The summed E-state index contributed by atoms with van der Waals surface area (Å²) in [5.74, 6) is 0.223. The summed E-state index contributed by atoms with van der Waals surface area (Å²) in [6, 6.07) is 2.78. The fraction of sp³-hybridized carbons (Fsp3) is 0.816. The van der Waals surface area contributed by atoms with Crippen LogP contribution in [0.25, 0.3) is 0 Å². The van der Waals surface area contributed by atoms with Gasteiger partial charge in [-0.2, -0.15) is 0 Å². The Bertz CT molecular complexity index is 1590. The molecule has 6 aliphatic rings. The first-order valence-electron chi connectivity index (χ1n) is 18.1. The van der Waals surface area contributed by atoms with Gasteiger partial charge in [0.15, 0.2) is 6.10 Å². The van der Waals surface area contributed by atoms with Crippen LogP contribution in [0.5, 0.6) is 5.75 Å². The van der Waals surface area contributed by atoms with E-state index in [-0.39, 0.29) is 80.2 Å². The molecule has 262 valence electrons. The summed E-state index contributed by atoms with van der Waals surface area (Å²) in [5.41, 5.74) is 1.24. The van der Waals surface area contributed by atoms with Crippen LogP contribution in [0, 0.1) is 45.3 Å². The van der Waals surface area contributed by atoms with Crippen molar-refractivity contribution in [2.24, 2.45) is 45.3 Å². The summed E-state index contributed by atoms with van der Waals surface area (Å²) in [6.07, 6.45) is 11.1. The zero-order valence-corrected chi connectivity index (χ0v) is 33.2. The second-order valence-corrected chi connectivity index (χ2v) is 19.3. The number of hydrogen-bond donors (Lipinski definition) is 2. The summed E-state index contributed by atoms with van der Waals surface area (Å²) in [5, 5.41) is 20.6. The van der Waals surface area contributed by atoms with Crippen molar-refractivity contribution in [3.8, 4) is 5.75 Å². The van der Waals surface area contributed by atoms with Crippen molar-refractivity contribution in [3.63, 3.8) is 0 Å². The van der Waals surface area contributed by atoms with Crippen molar-refractivity contribution < 1.29 is 66.5 Å². The molecule has 0 amide bonds. The molecule has 0 bridgehead atoms. The van der Waals surface area contributed by atoms with E-state index < -0.39 is 27.9 Å². The van der Waals surface area contributed by atoms with Crippen LogP contribution in [0.3, 0.4) is 0 Å². The number of carbonyl (C=O) groups is 1. The predicted octanol–water partition coefficient (Wildman–Crippen LogP) is 4.47. The van der Waals surface area contributed by atoms with E-state index in [1.807, 2.05) is 0 Å². The SMILES string of the molecule is C[C@@H]1CCCC(C)(C)[C@@]12CC[C@]1(C)C(CC[C@@]3(C)C1CC[C@]1(C)C3CC[C@]3(C)c4c(C(O)C(=O)O)ccc(OS(=O)(=O)[O-])c4CC13)O2.[Na+]. The Balaban J connectivity index is 0.00000401. The van der Waals surface area contributed by atoms with Crippen LogP contribution in [0.1, 0.15) is 142 Å². The van der Waals surface area contributed by atoms with Crippen LogP contribution in [0.4, 0.5) is 0 Å². The number of rotatable bonds is 4. The van der Waals surface area contributed by atoms with Gasteiger partial charge in [-0.15, -0.1) is 0 Å². The first-order valence-corrected chi connectivity index (χ1v) is 19.5. The summed E-state index contributed by atoms with van der Waals surface area (Å²) < 4.78 is 47.8. The minimum Gasteiger partial charge on any atom is -0.716 e. The van der Waals surface area contributed by atoms with E-state index in [1.165, 1.54) is 37.8 Å². The molecular weight excluding hydrogens is 639 g/mol. The van der Waals surface area contributed by atoms with Gasteiger partial charge in [0.25, 0.3) is 10.4 Å². The van der Waals surface area contributed by atoms with Gasteiger partial charge in [0.05, 0.1) is 11.7 Å². The van der Waals surface area contributed by atoms with Crippen molar-refractivity contribution in [3.05, 3.63) is 28.8 Å². The van der Waals surface area contributed by atoms with Gasteiger partial charge >= 0.3 is 35.5 Å². The van der Waals surface area contributed by atoms with Crippen LogP contribution >= 0.6 is 0 Å². The third-order valence-electron chi connectivity index (χ3n) is 16.1. The maximum Gasteiger partial charge on any atom is 1.00 e. The molecular formula is C38H55NaO8S. The van der Waals surface area contributed by atoms with Gasteiger partial charge < -0.3 is 23.7 Å². The smallest absolute Gasteiger partial charge is 0.716 e. The maximum atomic E-state index is 12.0. The Kier molecular flexibility index (Phi) is 9.01. The number of aliphatic hydroxyl groups is 1. The van der Waals surface area contributed by atoms with Gasteiger partial charge in [0, 0.05) is 5.56 Å². The Morgan fingerprint density at radius 1 is 0.896 bits per heavy atom. The second-order valence-electron chi connectivity index (χ2n) is 18.3. The number of benzene rings is 1. The molecule has 1 saturated heterocycles. The summed E-state index contributed by atoms with van der Waals surface area (Å²) in [6.45, 7) is 16.9. The van der Waals surface area contributed by atoms with Crippen molar-refractivity contribution in [1.82, 2.24) is 0 Å². The molecule has 0 radical (unpaired) electrons. The molecule has 5 fully saturated rings. The Hall–Kier alpha value is -0.680. The third kappa shape index (κ3) is 5.01. The molecule has 1 aliphatic heterocycles. The van der Waals surface area contributed by atoms with Crippen molar-refractivity contribution in [2.45, 2.75) is 149 Å². The molecule has 2 N–H and O–H groups in total. The first kappa shape index (κ1) is 37.1. The fourth-order valence-electron chi connectivity index (χ4n) is 14.0. The van der Waals surface area contributed by atoms with Crippen LogP contribution in [-0.2, 0) is 31.8 Å². The molecule has 10 heteroatoms. The minimum atomic E-state index is -5.05. The minimum absolute atomic E-state index is 0. The summed E-state index contributed by atoms with van der Waals surface area (Å²) >= 11 is 0. The van der Waals surface area contributed by atoms with Gasteiger partial charge in [-0.1, -0.05) is 61.0 Å². The fourth-order valence-corrected chi connectivity index (χ4v) is 14.3. The van der Waals surface area contributed by atoms with Gasteiger partial charge in [-0.05, 0) is 139 Å². The molecule has 0 aromatic heterocycles. The van der Waals surface area contributed by atoms with Crippen molar-refractivity contribution in [2.75, 3.05) is 0 Å². The van der Waals surface area contributed by atoms with Gasteiger partial charge in [0.2, 0.25) is 0 Å². The molecule has 1 aromatic carbocycles. The molecule has 1 aromatic rings. The monoisotopic (exact) mass is 694 g/mol. The Morgan fingerprint density at radius 3 is 2.17 bits per heavy atom. The van der Waals surface area contributed by atoms with Crippen molar-refractivity contribution in [1.29, 1.82) is 0 Å². The number of carboxylic acids is 1. The van der Waals surface area contributed by atoms with Crippen LogP contribution < -0.4 is 33.7 Å². The topological polar surface area (TPSA) is 133 Å². The molecule has 4 saturated carbocycles. The van der Waals surface area contributed by atoms with Gasteiger partial charge in [0.1, 0.15) is 5.75 Å². The quantitative estimate of drug-likeness (QED) is 0.268. The first-order chi connectivity index (χ1) is 21.7. The van der Waals surface area contributed by atoms with E-state index in [0.717, 1.165) is 44.9 Å². The number of aliphatic hydroxyl groups excluding tert-OH is 1. The number of fused-ring (bicyclic) bond motifs is 9. The van der Waals surface area contributed by atoms with Gasteiger partial charge in [-0.3, -0.25) is 0 Å². The molecule has 7 rings (SSSR count). The molecule has 48 heavy (non-hydrogen) atoms. The average molecular weight is 695 g/mol. The predicted molar refractivity (Wildman–Crippen MR) is 177 cm³/mol. The normalized spacial score (nSPS) is 45.0. The van der Waals surface area contributed by atoms with E-state index in [9.17, 15) is 28.0 Å². The average Bonchev–Trinajstić information content (AvgIpc) is 3.30. The Morgan fingerprint density at radius 2 is 1.52 bits per heavy atom. The number of hydrogen-bond acceptors (Lipinski definition) is 7. The zero-order chi connectivity index (χ0) is 34.2. The van der Waals surface area contributed by atoms with Gasteiger partial charge in [-0.25, -0.2) is 13.2 Å². The van der Waals surface area contributed by atoms with E-state index in [4.69, 9.17) is 8.92 Å².